The average Bonchev–Trinajstić information content (AvgIpc) is 2.07. The van der Waals surface area contributed by atoms with E-state index in [0.29, 0.717) is 0 Å². The lowest BCUT2D eigenvalue weighted by atomic mass is 10.3. The van der Waals surface area contributed by atoms with Gasteiger partial charge in [-0.15, -0.1) is 0 Å². The van der Waals surface area contributed by atoms with Crippen molar-refractivity contribution < 1.29 is 21.8 Å². The van der Waals surface area contributed by atoms with E-state index in [2.05, 4.69) is 0 Å². The summed E-state index contributed by atoms with van der Waals surface area (Å²) < 4.78 is 42.2. The second-order valence-electron chi connectivity index (χ2n) is 2.66. The van der Waals surface area contributed by atoms with Crippen LogP contribution >= 0.6 is 0 Å². The summed E-state index contributed by atoms with van der Waals surface area (Å²) in [6.07, 6.45) is 3.52. The van der Waals surface area contributed by atoms with Gasteiger partial charge in [-0.25, -0.2) is 4.57 Å². The molecule has 0 saturated carbocycles. The Bertz CT molecular complexity index is 357. The molecule has 1 aromatic heterocycles. The van der Waals surface area contributed by atoms with Gasteiger partial charge in [-0.1, -0.05) is 0 Å². The Balaban J connectivity index is 0.000000336. The first-order chi connectivity index (χ1) is 6.75. The first-order valence-corrected chi connectivity index (χ1v) is 4.18. The lowest BCUT2D eigenvalue weighted by Gasteiger charge is -1.94. The van der Waals surface area contributed by atoms with Gasteiger partial charge in [0.1, 0.15) is 0 Å². The Kier molecular flexibility index (Phi) is 5.03. The van der Waals surface area contributed by atoms with Gasteiger partial charge < -0.3 is 17.3 Å². The zero-order valence-corrected chi connectivity index (χ0v) is 8.33. The second kappa shape index (κ2) is 5.52. The van der Waals surface area contributed by atoms with Crippen molar-refractivity contribution in [3.8, 4) is 0 Å². The number of rotatable bonds is 1. The van der Waals surface area contributed by atoms with Crippen LogP contribution in [0.25, 0.3) is 0 Å². The van der Waals surface area contributed by atoms with Gasteiger partial charge in [0.2, 0.25) is 0 Å². The third-order valence-electron chi connectivity index (χ3n) is 1.46. The minimum Gasteiger partial charge on any atom is -0.418 e. The lowest BCUT2D eigenvalue weighted by molar-refractivity contribution is -0.691. The first-order valence-electron chi connectivity index (χ1n) is 4.18. The molecule has 0 aliphatic rings. The molecule has 0 atom stereocenters. The highest BCUT2D eigenvalue weighted by atomic mass is 19.5. The Hall–Kier alpha value is -1.34. The molecule has 1 heterocycles. The molecule has 0 N–H and O–H groups in total. The van der Waals surface area contributed by atoms with Crippen LogP contribution in [0.15, 0.2) is 23.3 Å². The monoisotopic (exact) mass is 226 g/mol. The van der Waals surface area contributed by atoms with Crippen molar-refractivity contribution >= 4 is 7.25 Å². The van der Waals surface area contributed by atoms with E-state index < -0.39 is 7.25 Å². The van der Waals surface area contributed by atoms with E-state index >= 15 is 0 Å². The summed E-state index contributed by atoms with van der Waals surface area (Å²) in [5.41, 5.74) is 0.0324. The molecule has 0 aromatic carbocycles. The van der Waals surface area contributed by atoms with Gasteiger partial charge in [0.15, 0.2) is 0 Å². The summed E-state index contributed by atoms with van der Waals surface area (Å²) in [7, 11) is -4.26. The maximum Gasteiger partial charge on any atom is 0.673 e. The summed E-state index contributed by atoms with van der Waals surface area (Å²) in [6, 6.07) is 1.85. The molecule has 15 heavy (non-hydrogen) atoms. The van der Waals surface area contributed by atoms with Crippen LogP contribution in [0.4, 0.5) is 17.3 Å². The Morgan fingerprint density at radius 1 is 1.40 bits per heavy atom. The largest absolute Gasteiger partial charge is 0.673 e. The maximum absolute atomic E-state index is 11.1. The SMILES string of the molecule is CCn1ccc[n+](C)c1=O.F[B-](F)(F)F. The second-order valence-corrected chi connectivity index (χ2v) is 2.66. The van der Waals surface area contributed by atoms with Crippen LogP contribution in [-0.4, -0.2) is 11.8 Å². The van der Waals surface area contributed by atoms with E-state index in [9.17, 15) is 22.1 Å². The van der Waals surface area contributed by atoms with E-state index in [-0.39, 0.29) is 5.69 Å². The molecule has 0 aliphatic heterocycles. The Morgan fingerprint density at radius 3 is 2.20 bits per heavy atom. The molecule has 0 spiro atoms. The molecular weight excluding hydrogens is 215 g/mol. The Labute approximate surface area is 84.1 Å². The van der Waals surface area contributed by atoms with Crippen molar-refractivity contribution in [2.75, 3.05) is 0 Å². The fraction of sp³-hybridized carbons (Fsp3) is 0.429. The van der Waals surface area contributed by atoms with Gasteiger partial charge in [0.25, 0.3) is 0 Å². The highest BCUT2D eigenvalue weighted by molar-refractivity contribution is 6.50. The average molecular weight is 226 g/mol. The van der Waals surface area contributed by atoms with E-state index in [1.165, 1.54) is 0 Å². The van der Waals surface area contributed by atoms with Crippen LogP contribution in [0.1, 0.15) is 6.92 Å². The third kappa shape index (κ3) is 6.70. The lowest BCUT2D eigenvalue weighted by Crippen LogP contribution is -2.50. The van der Waals surface area contributed by atoms with Crippen LogP contribution in [0.2, 0.25) is 0 Å². The molecule has 0 saturated heterocycles. The number of aryl methyl sites for hydroxylation is 2. The van der Waals surface area contributed by atoms with Crippen LogP contribution < -0.4 is 10.3 Å². The van der Waals surface area contributed by atoms with Crippen molar-refractivity contribution in [2.24, 2.45) is 7.05 Å². The van der Waals surface area contributed by atoms with E-state index in [4.69, 9.17) is 0 Å². The van der Waals surface area contributed by atoms with E-state index in [1.807, 2.05) is 13.0 Å². The van der Waals surface area contributed by atoms with Crippen molar-refractivity contribution in [1.29, 1.82) is 0 Å². The predicted octanol–water partition coefficient (Wildman–Crippen LogP) is 0.993. The Morgan fingerprint density at radius 2 is 1.87 bits per heavy atom. The molecular formula is C7H11BF4N2O. The normalized spacial score (nSPS) is 10.5. The van der Waals surface area contributed by atoms with Crippen LogP contribution in [-0.2, 0) is 13.6 Å². The molecule has 0 aliphatic carbocycles. The summed E-state index contributed by atoms with van der Waals surface area (Å²) in [4.78, 5) is 11.1. The fourth-order valence-corrected chi connectivity index (χ4v) is 0.842. The molecule has 3 nitrogen and oxygen atoms in total. The summed E-state index contributed by atoms with van der Waals surface area (Å²) in [5, 5.41) is 0. The number of halogens is 4. The summed E-state index contributed by atoms with van der Waals surface area (Å²) >= 11 is 0. The minimum absolute atomic E-state index is 0.0324. The van der Waals surface area contributed by atoms with Crippen molar-refractivity contribution in [2.45, 2.75) is 13.5 Å². The summed E-state index contributed by atoms with van der Waals surface area (Å²) in [5.74, 6) is 0. The van der Waals surface area contributed by atoms with Crippen LogP contribution in [0.3, 0.4) is 0 Å². The summed E-state index contributed by atoms with van der Waals surface area (Å²) in [6.45, 7) is 2.68. The van der Waals surface area contributed by atoms with Gasteiger partial charge in [0, 0.05) is 6.07 Å². The maximum atomic E-state index is 11.1. The highest BCUT2D eigenvalue weighted by Crippen LogP contribution is 2.06. The minimum atomic E-state index is -6.00. The van der Waals surface area contributed by atoms with Crippen molar-refractivity contribution in [1.82, 2.24) is 4.57 Å². The van der Waals surface area contributed by atoms with Crippen molar-refractivity contribution in [3.63, 3.8) is 0 Å². The van der Waals surface area contributed by atoms with Gasteiger partial charge in [-0.3, -0.25) is 0 Å². The van der Waals surface area contributed by atoms with Gasteiger partial charge in [-0.05, 0) is 6.92 Å². The molecule has 0 fully saturated rings. The molecule has 1 aromatic rings. The fourth-order valence-electron chi connectivity index (χ4n) is 0.842. The molecule has 0 bridgehead atoms. The van der Waals surface area contributed by atoms with Gasteiger partial charge in [-0.2, -0.15) is 9.36 Å². The quantitative estimate of drug-likeness (QED) is 0.398. The molecule has 0 amide bonds. The van der Waals surface area contributed by atoms with E-state index in [0.717, 1.165) is 6.54 Å². The molecule has 0 unspecified atom stereocenters. The topological polar surface area (TPSA) is 25.9 Å². The zero-order valence-electron chi connectivity index (χ0n) is 8.33. The van der Waals surface area contributed by atoms with Crippen LogP contribution in [0.5, 0.6) is 0 Å². The van der Waals surface area contributed by atoms with Crippen LogP contribution in [0, 0.1) is 0 Å². The zero-order chi connectivity index (χ0) is 12.1. The van der Waals surface area contributed by atoms with Gasteiger partial charge >= 0.3 is 12.9 Å². The molecule has 8 heteroatoms. The number of hydrogen-bond donors (Lipinski definition) is 0. The highest BCUT2D eigenvalue weighted by Gasteiger charge is 2.20. The van der Waals surface area contributed by atoms with E-state index in [1.54, 1.807) is 28.6 Å². The number of hydrogen-bond acceptors (Lipinski definition) is 1. The number of nitrogens with zero attached hydrogens (tertiary/aromatic N) is 2. The van der Waals surface area contributed by atoms with Gasteiger partial charge in [0.05, 0.1) is 26.0 Å². The smallest absolute Gasteiger partial charge is 0.418 e. The van der Waals surface area contributed by atoms with Crippen molar-refractivity contribution in [3.05, 3.63) is 28.9 Å². The molecule has 0 radical (unpaired) electrons. The molecule has 1 rings (SSSR count). The standard InChI is InChI=1S/C7H11N2O.BF4/c1-3-9-6-4-5-8(2)7(9)10;2-1(3,4)5/h4-6H,3H2,1-2H3;/q+1;-1. The molecule has 86 valence electrons. The first kappa shape index (κ1) is 13.7. The predicted molar refractivity (Wildman–Crippen MR) is 47.7 cm³/mol. The number of aromatic nitrogens is 2. The third-order valence-corrected chi connectivity index (χ3v) is 1.46.